The highest BCUT2D eigenvalue weighted by Crippen LogP contribution is 2.41. The van der Waals surface area contributed by atoms with Gasteiger partial charge < -0.3 is 19.5 Å². The van der Waals surface area contributed by atoms with Gasteiger partial charge in [0.25, 0.3) is 0 Å². The largest absolute Gasteiger partial charge is 0.416 e. The highest BCUT2D eigenvalue weighted by Gasteiger charge is 2.38. The molecule has 7 nitrogen and oxygen atoms in total. The van der Waals surface area contributed by atoms with Gasteiger partial charge in [-0.3, -0.25) is 14.6 Å². The number of carbonyl (C=O) groups is 1. The number of rotatable bonds is 17. The predicted octanol–water partition coefficient (Wildman–Crippen LogP) is 20.4. The second kappa shape index (κ2) is 37.4. The molecule has 0 aliphatic carbocycles. The first kappa shape index (κ1) is 81.6. The average Bonchev–Trinajstić information content (AvgIpc) is 0.829. The third kappa shape index (κ3) is 26.9. The Bertz CT molecular complexity index is 2650. The number of piperidine rings is 3. The Balaban J connectivity index is 0.000000240. The molecule has 6 fully saturated rings. The lowest BCUT2D eigenvalue weighted by Crippen LogP contribution is -2.44. The number of ketones is 1. The summed E-state index contributed by atoms with van der Waals surface area (Å²) in [5.74, 6) is 5.17. The summed E-state index contributed by atoms with van der Waals surface area (Å²) in [6.45, 7) is 37.0. The molecular weight excluding hydrogens is 1250 g/mol. The Morgan fingerprint density at radius 1 is 0.411 bits per heavy atom. The quantitative estimate of drug-likeness (QED) is 0.0821. The van der Waals surface area contributed by atoms with Crippen LogP contribution in [0, 0.1) is 35.5 Å². The third-order valence-corrected chi connectivity index (χ3v) is 20.8. The number of nitrogens with zero attached hydrogens (tertiary/aromatic N) is 2. The number of allylic oxidation sites excluding steroid dienone is 4. The monoisotopic (exact) mass is 1360 g/mol. The van der Waals surface area contributed by atoms with Gasteiger partial charge in [-0.15, -0.1) is 12.4 Å². The number of alkyl halides is 9. The fourth-order valence-electron chi connectivity index (χ4n) is 15.2. The molecule has 1 N–H and O–H groups in total. The van der Waals surface area contributed by atoms with E-state index >= 15 is 0 Å². The lowest BCUT2D eigenvalue weighted by Gasteiger charge is -2.42. The molecule has 6 saturated heterocycles. The molecule has 0 radical (unpaired) electrons. The minimum atomic E-state index is -4.33. The number of hydrogen-bond acceptors (Lipinski definition) is 7. The van der Waals surface area contributed by atoms with Crippen LogP contribution in [-0.2, 0) is 53.8 Å². The van der Waals surface area contributed by atoms with E-state index in [1.54, 1.807) is 30.3 Å². The van der Waals surface area contributed by atoms with E-state index in [2.05, 4.69) is 82.7 Å². The fourth-order valence-corrected chi connectivity index (χ4v) is 15.2. The highest BCUT2D eigenvalue weighted by atomic mass is 35.5. The molecular formula is C78H115ClF9N3O4. The maximum atomic E-state index is 13.0. The Labute approximate surface area is 571 Å². The Hall–Kier alpha value is -4.03. The molecule has 536 valence electrons. The van der Waals surface area contributed by atoms with Crippen molar-refractivity contribution in [1.29, 1.82) is 0 Å². The molecule has 3 aromatic carbocycles. The van der Waals surface area contributed by atoms with Crippen molar-refractivity contribution in [3.05, 3.63) is 141 Å². The molecule has 2 unspecified atom stereocenters. The summed E-state index contributed by atoms with van der Waals surface area (Å²) in [5, 5.41) is 3.42. The van der Waals surface area contributed by atoms with Gasteiger partial charge in [-0.1, -0.05) is 107 Å². The van der Waals surface area contributed by atoms with Crippen molar-refractivity contribution in [1.82, 2.24) is 15.1 Å². The van der Waals surface area contributed by atoms with Gasteiger partial charge >= 0.3 is 18.5 Å². The van der Waals surface area contributed by atoms with E-state index in [0.717, 1.165) is 149 Å². The normalized spacial score (nSPS) is 20.0. The standard InChI is InChI=1S/2C26H38F3NO.C16H19F3O.C10H19NO.ClH/c2*1-19(2)17-24(30-13-9-20(10-14-30)21-11-15-31-16-12-21)18-25(3,4)22-5-7-23(8-6-22)26(27,28)29;1-11(2)9-14(20)10-15(3,4)12-5-7-13(8-6-12)16(17,18)19;1-5-11-6-2-9(1)10-3-7-12-8-4-10;/h2*5-8,17,20-21,24H,9-16,18H2,1-4H3;5-9H,10H2,1-4H3;9-11H,1-8H2;1H. The molecule has 6 aliphatic rings. The van der Waals surface area contributed by atoms with Crippen LogP contribution in [0.3, 0.4) is 0 Å². The topological polar surface area (TPSA) is 63.3 Å². The van der Waals surface area contributed by atoms with Crippen molar-refractivity contribution in [3.8, 4) is 0 Å². The SMILES string of the molecule is C1CC(C2CCOCC2)CCN1.CC(C)=CC(=O)CC(C)(C)c1ccc(C(F)(F)F)cc1.CC(C)=CC(CC(C)(C)c1ccc(C(F)(F)F)cc1)N1CCC(C2CCOCC2)CC1.CC(C)=CC(CC(C)(C)c1ccc(C(F)(F)F)cc1)N1CCC(C2CCOCC2)CC1.Cl. The van der Waals surface area contributed by atoms with Crippen molar-refractivity contribution in [2.24, 2.45) is 35.5 Å². The van der Waals surface area contributed by atoms with Gasteiger partial charge in [-0.2, -0.15) is 39.5 Å². The summed E-state index contributed by atoms with van der Waals surface area (Å²) in [5.41, 5.74) is 3.40. The Morgan fingerprint density at radius 3 is 0.926 bits per heavy atom. The number of carbonyl (C=O) groups excluding carboxylic acids is 1. The number of benzene rings is 3. The molecule has 0 amide bonds. The molecule has 3 aromatic rings. The Kier molecular flexibility index (Phi) is 32.2. The molecule has 0 saturated carbocycles. The van der Waals surface area contributed by atoms with Crippen molar-refractivity contribution in [2.45, 2.75) is 226 Å². The van der Waals surface area contributed by atoms with Crippen LogP contribution in [0.2, 0.25) is 0 Å². The maximum Gasteiger partial charge on any atom is 0.416 e. The minimum Gasteiger partial charge on any atom is -0.381 e. The maximum absolute atomic E-state index is 13.0. The van der Waals surface area contributed by atoms with E-state index < -0.39 is 40.6 Å². The van der Waals surface area contributed by atoms with Crippen molar-refractivity contribution < 1.29 is 58.5 Å². The third-order valence-electron chi connectivity index (χ3n) is 20.8. The first-order chi connectivity index (χ1) is 44.1. The van der Waals surface area contributed by atoms with E-state index in [-0.39, 0.29) is 35.4 Å². The van der Waals surface area contributed by atoms with Gasteiger partial charge in [0.2, 0.25) is 0 Å². The van der Waals surface area contributed by atoms with Crippen LogP contribution in [0.15, 0.2) is 108 Å². The number of likely N-dealkylation sites (tertiary alicyclic amines) is 2. The molecule has 17 heteroatoms. The van der Waals surface area contributed by atoms with Crippen molar-refractivity contribution >= 4 is 18.2 Å². The number of halogens is 10. The highest BCUT2D eigenvalue weighted by molar-refractivity contribution is 5.91. The molecule has 2 atom stereocenters. The fraction of sp³-hybridized carbons (Fsp3) is 0.679. The summed E-state index contributed by atoms with van der Waals surface area (Å²) in [6, 6.07) is 17.1. The van der Waals surface area contributed by atoms with Crippen LogP contribution in [0.1, 0.15) is 213 Å². The molecule has 0 bridgehead atoms. The van der Waals surface area contributed by atoms with E-state index in [9.17, 15) is 44.3 Å². The van der Waals surface area contributed by atoms with Crippen LogP contribution in [-0.4, -0.2) is 107 Å². The van der Waals surface area contributed by atoms with Gasteiger partial charge in [-0.25, -0.2) is 0 Å². The van der Waals surface area contributed by atoms with Gasteiger partial charge in [0, 0.05) is 58.1 Å². The van der Waals surface area contributed by atoms with Gasteiger partial charge in [0.15, 0.2) is 5.78 Å². The average molecular weight is 1370 g/mol. The lowest BCUT2D eigenvalue weighted by molar-refractivity contribution is -0.138. The van der Waals surface area contributed by atoms with Crippen molar-refractivity contribution in [2.75, 3.05) is 78.9 Å². The van der Waals surface area contributed by atoms with E-state index in [0.29, 0.717) is 12.1 Å². The summed E-state index contributed by atoms with van der Waals surface area (Å²) in [6.07, 6.45) is 10.5. The van der Waals surface area contributed by atoms with Gasteiger partial charge in [0.05, 0.1) is 16.7 Å². The zero-order chi connectivity index (χ0) is 69.1. The van der Waals surface area contributed by atoms with Crippen LogP contribution in [0.5, 0.6) is 0 Å². The zero-order valence-corrected chi connectivity index (χ0v) is 60.0. The number of hydrogen-bond donors (Lipinski definition) is 1. The van der Waals surface area contributed by atoms with E-state index in [1.807, 2.05) is 27.7 Å². The van der Waals surface area contributed by atoms with Gasteiger partial charge in [0.1, 0.15) is 0 Å². The van der Waals surface area contributed by atoms with Crippen molar-refractivity contribution in [3.63, 3.8) is 0 Å². The molecule has 95 heavy (non-hydrogen) atoms. The summed E-state index contributed by atoms with van der Waals surface area (Å²) in [7, 11) is 0. The summed E-state index contributed by atoms with van der Waals surface area (Å²) < 4.78 is 132. The molecule has 0 aromatic heterocycles. The second-order valence-electron chi connectivity index (χ2n) is 30.5. The Morgan fingerprint density at radius 2 is 0.663 bits per heavy atom. The molecule has 6 aliphatic heterocycles. The number of ether oxygens (including phenoxy) is 3. The predicted molar refractivity (Wildman–Crippen MR) is 370 cm³/mol. The van der Waals surface area contributed by atoms with Crippen LogP contribution in [0.25, 0.3) is 0 Å². The van der Waals surface area contributed by atoms with Crippen LogP contribution < -0.4 is 5.32 Å². The van der Waals surface area contributed by atoms with Crippen LogP contribution in [0.4, 0.5) is 39.5 Å². The van der Waals surface area contributed by atoms with Gasteiger partial charge in [-0.05, 0) is 282 Å². The van der Waals surface area contributed by atoms with E-state index in [1.165, 1.54) is 138 Å². The first-order valence-corrected chi connectivity index (χ1v) is 35.0. The second-order valence-corrected chi connectivity index (χ2v) is 30.5. The number of nitrogens with one attached hydrogen (secondary N) is 1. The summed E-state index contributed by atoms with van der Waals surface area (Å²) in [4.78, 5) is 17.0. The molecule has 0 spiro atoms. The lowest BCUT2D eigenvalue weighted by atomic mass is 9.76. The van der Waals surface area contributed by atoms with Crippen LogP contribution >= 0.6 is 12.4 Å². The molecule has 6 heterocycles. The summed E-state index contributed by atoms with van der Waals surface area (Å²) >= 11 is 0. The minimum absolute atomic E-state index is 0. The zero-order valence-electron chi connectivity index (χ0n) is 59.2. The molecule has 9 rings (SSSR count). The first-order valence-electron chi connectivity index (χ1n) is 35.0. The van der Waals surface area contributed by atoms with E-state index in [4.69, 9.17) is 14.2 Å². The smallest absolute Gasteiger partial charge is 0.381 e.